The quantitative estimate of drug-likeness (QED) is 0.491. The Balaban J connectivity index is 1.83. The molecular weight excluding hydrogens is 454 g/mol. The molecule has 34 heavy (non-hydrogen) atoms. The summed E-state index contributed by atoms with van der Waals surface area (Å²) in [5.41, 5.74) is 1.50. The summed E-state index contributed by atoms with van der Waals surface area (Å²) in [5.74, 6) is -2.40. The number of hydrogen-bond acceptors (Lipinski definition) is 5. The molecule has 9 heteroatoms. The number of carbonyl (C=O) groups excluding carboxylic acids is 3. The Kier molecular flexibility index (Phi) is 7.65. The molecule has 0 aliphatic carbocycles. The van der Waals surface area contributed by atoms with Crippen LogP contribution < -0.4 is 10.6 Å². The Morgan fingerprint density at radius 3 is 2.38 bits per heavy atom. The Bertz CT molecular complexity index is 979. The third-order valence-electron chi connectivity index (χ3n) is 6.66. The van der Waals surface area contributed by atoms with Gasteiger partial charge in [-0.1, -0.05) is 52.3 Å². The number of carboxylic acid groups (broad SMARTS) is 1. The van der Waals surface area contributed by atoms with E-state index in [2.05, 4.69) is 10.6 Å². The molecule has 8 nitrogen and oxygen atoms in total. The monoisotopic (exact) mass is 489 g/mol. The molecule has 0 bridgehead atoms. The van der Waals surface area contributed by atoms with E-state index in [1.165, 1.54) is 0 Å². The van der Waals surface area contributed by atoms with Crippen LogP contribution in [0.4, 0.5) is 0 Å². The van der Waals surface area contributed by atoms with E-state index in [9.17, 15) is 24.3 Å². The Hall–Kier alpha value is -2.55. The number of nitrogens with one attached hydrogen (secondary N) is 2. The van der Waals surface area contributed by atoms with Crippen molar-refractivity contribution in [1.29, 1.82) is 0 Å². The average Bonchev–Trinajstić information content (AvgIpc) is 3.19. The van der Waals surface area contributed by atoms with E-state index in [4.69, 9.17) is 0 Å². The lowest BCUT2D eigenvalue weighted by molar-refractivity contribution is -0.144. The number of nitrogens with zero attached hydrogens (tertiary/aromatic N) is 1. The predicted octanol–water partition coefficient (Wildman–Crippen LogP) is 3.18. The third-order valence-corrected chi connectivity index (χ3v) is 8.20. The second-order valence-corrected chi connectivity index (χ2v) is 11.9. The van der Waals surface area contributed by atoms with Crippen molar-refractivity contribution in [2.45, 2.75) is 82.6 Å². The van der Waals surface area contributed by atoms with Gasteiger partial charge < -0.3 is 20.6 Å². The summed E-state index contributed by atoms with van der Waals surface area (Å²) >= 11 is 1.56. The zero-order valence-corrected chi connectivity index (χ0v) is 21.4. The lowest BCUT2D eigenvalue weighted by Gasteiger charge is -2.32. The van der Waals surface area contributed by atoms with E-state index in [1.807, 2.05) is 52.8 Å². The first kappa shape index (κ1) is 26.1. The first-order chi connectivity index (χ1) is 15.9. The molecule has 186 valence electrons. The van der Waals surface area contributed by atoms with E-state index in [0.29, 0.717) is 18.4 Å². The lowest BCUT2D eigenvalue weighted by atomic mass is 9.96. The molecule has 0 radical (unpaired) electrons. The van der Waals surface area contributed by atoms with Gasteiger partial charge in [-0.15, -0.1) is 11.8 Å². The molecule has 0 saturated carbocycles. The Labute approximate surface area is 205 Å². The molecule has 2 heterocycles. The number of hydrogen-bond donors (Lipinski definition) is 3. The molecule has 3 N–H and O–H groups in total. The number of carboxylic acids is 1. The Morgan fingerprint density at radius 2 is 1.79 bits per heavy atom. The molecule has 0 aromatic heterocycles. The van der Waals surface area contributed by atoms with Crippen LogP contribution in [0.2, 0.25) is 0 Å². The smallest absolute Gasteiger partial charge is 0.326 e. The number of aliphatic carboxylic acids is 1. The van der Waals surface area contributed by atoms with E-state index in [-0.39, 0.29) is 23.1 Å². The molecule has 3 amide bonds. The van der Waals surface area contributed by atoms with Crippen molar-refractivity contribution < 1.29 is 24.3 Å². The van der Waals surface area contributed by atoms with E-state index in [1.54, 1.807) is 29.7 Å². The van der Waals surface area contributed by atoms with Crippen molar-refractivity contribution in [3.63, 3.8) is 0 Å². The van der Waals surface area contributed by atoms with Gasteiger partial charge in [-0.05, 0) is 43.7 Å². The highest BCUT2D eigenvalue weighted by molar-refractivity contribution is 8.01. The maximum absolute atomic E-state index is 13.6. The third kappa shape index (κ3) is 4.94. The first-order valence-corrected chi connectivity index (χ1v) is 12.7. The maximum atomic E-state index is 13.6. The molecule has 0 unspecified atom stereocenters. The van der Waals surface area contributed by atoms with Gasteiger partial charge in [-0.2, -0.15) is 0 Å². The highest BCUT2D eigenvalue weighted by Crippen LogP contribution is 2.56. The van der Waals surface area contributed by atoms with Gasteiger partial charge in [0.25, 0.3) is 5.91 Å². The lowest BCUT2D eigenvalue weighted by Crippen LogP contribution is -2.59. The zero-order chi connectivity index (χ0) is 25.4. The molecule has 2 aliphatic heterocycles. The number of amides is 3. The highest BCUT2D eigenvalue weighted by Gasteiger charge is 2.57. The van der Waals surface area contributed by atoms with Gasteiger partial charge in [0.15, 0.2) is 0 Å². The van der Waals surface area contributed by atoms with Crippen molar-refractivity contribution in [1.82, 2.24) is 15.5 Å². The topological polar surface area (TPSA) is 116 Å². The van der Waals surface area contributed by atoms with Crippen LogP contribution in [0, 0.1) is 11.8 Å². The second kappa shape index (κ2) is 9.98. The van der Waals surface area contributed by atoms with Crippen LogP contribution in [0.5, 0.6) is 0 Å². The molecule has 1 aromatic rings. The number of fused-ring (bicyclic) bond motifs is 3. The first-order valence-electron chi connectivity index (χ1n) is 11.8. The minimum absolute atomic E-state index is 0.0827. The molecule has 2 aliphatic rings. The number of benzene rings is 1. The van der Waals surface area contributed by atoms with Crippen LogP contribution in [0.15, 0.2) is 24.3 Å². The van der Waals surface area contributed by atoms with Crippen molar-refractivity contribution in [3.05, 3.63) is 35.4 Å². The van der Waals surface area contributed by atoms with Crippen LogP contribution in [0.25, 0.3) is 0 Å². The summed E-state index contributed by atoms with van der Waals surface area (Å²) < 4.78 is -0.572. The normalized spacial score (nSPS) is 23.1. The van der Waals surface area contributed by atoms with E-state index >= 15 is 0 Å². The highest BCUT2D eigenvalue weighted by atomic mass is 32.2. The van der Waals surface area contributed by atoms with Crippen LogP contribution in [-0.2, 0) is 14.4 Å². The fraction of sp³-hybridized carbons (Fsp3) is 0.600. The van der Waals surface area contributed by atoms with E-state index < -0.39 is 40.7 Å². The average molecular weight is 490 g/mol. The van der Waals surface area contributed by atoms with E-state index in [0.717, 1.165) is 5.56 Å². The summed E-state index contributed by atoms with van der Waals surface area (Å²) in [6, 6.07) is 4.67. The molecule has 1 saturated heterocycles. The maximum Gasteiger partial charge on any atom is 0.326 e. The SMILES string of the molecule is CC[C@H](C)[C@H](NC(=O)[C@H](CC(C)C)NC(=O)[C@@H]1N2C(=O)c3ccccc3[C@@H]2SC1(C)C)C(=O)O. The number of rotatable bonds is 9. The summed E-state index contributed by atoms with van der Waals surface area (Å²) in [6.45, 7) is 11.4. The zero-order valence-electron chi connectivity index (χ0n) is 20.6. The van der Waals surface area contributed by atoms with Crippen LogP contribution in [0.1, 0.15) is 75.7 Å². The van der Waals surface area contributed by atoms with Crippen LogP contribution in [-0.4, -0.2) is 56.6 Å². The number of carbonyl (C=O) groups is 4. The van der Waals surface area contributed by atoms with Crippen molar-refractivity contribution in [2.75, 3.05) is 0 Å². The standard InChI is InChI=1S/C25H35N3O5S/c1-7-14(4)18(24(32)33)27-20(29)17(12-13(2)3)26-21(30)19-25(5,6)34-23-16-11-9-8-10-15(16)22(31)28(19)23/h8-11,13-14,17-19,23H,7,12H2,1-6H3,(H,26,30)(H,27,29)(H,32,33)/t14-,17-,18-,19-,23-/m0/s1. The summed E-state index contributed by atoms with van der Waals surface area (Å²) in [6.07, 6.45) is 0.938. The summed E-state index contributed by atoms with van der Waals surface area (Å²) in [7, 11) is 0. The van der Waals surface area contributed by atoms with Crippen molar-refractivity contribution in [2.24, 2.45) is 11.8 Å². The van der Waals surface area contributed by atoms with Gasteiger partial charge in [0.05, 0.1) is 0 Å². The largest absolute Gasteiger partial charge is 0.480 e. The second-order valence-electron chi connectivity index (χ2n) is 10.2. The van der Waals surface area contributed by atoms with Gasteiger partial charge in [-0.25, -0.2) is 4.79 Å². The number of thioether (sulfide) groups is 1. The fourth-order valence-corrected chi connectivity index (χ4v) is 6.28. The van der Waals surface area contributed by atoms with Gasteiger partial charge in [0, 0.05) is 10.3 Å². The van der Waals surface area contributed by atoms with Crippen molar-refractivity contribution in [3.8, 4) is 0 Å². The molecule has 1 fully saturated rings. The van der Waals surface area contributed by atoms with Gasteiger partial charge in [0.2, 0.25) is 11.8 Å². The van der Waals surface area contributed by atoms with Gasteiger partial charge in [0.1, 0.15) is 23.5 Å². The van der Waals surface area contributed by atoms with Crippen molar-refractivity contribution >= 4 is 35.5 Å². The van der Waals surface area contributed by atoms with Crippen LogP contribution in [0.3, 0.4) is 0 Å². The van der Waals surface area contributed by atoms with Gasteiger partial charge >= 0.3 is 5.97 Å². The van der Waals surface area contributed by atoms with Crippen LogP contribution >= 0.6 is 11.8 Å². The predicted molar refractivity (Wildman–Crippen MR) is 131 cm³/mol. The fourth-order valence-electron chi connectivity index (χ4n) is 4.70. The molecule has 5 atom stereocenters. The Morgan fingerprint density at radius 1 is 1.15 bits per heavy atom. The summed E-state index contributed by atoms with van der Waals surface area (Å²) in [5, 5.41) is 14.8. The molecule has 0 spiro atoms. The molecular formula is C25H35N3O5S. The van der Waals surface area contributed by atoms with Gasteiger partial charge in [-0.3, -0.25) is 14.4 Å². The minimum atomic E-state index is -1.10. The summed E-state index contributed by atoms with van der Waals surface area (Å²) in [4.78, 5) is 53.2. The minimum Gasteiger partial charge on any atom is -0.480 e. The molecule has 1 aromatic carbocycles. The molecule has 3 rings (SSSR count).